The SMILES string of the molecule is CCCCCCCCCCCCCCCC(=O)OCC(COP(C)(=O)O)OC(=O)CCCCCCCCCCCCCCC. The monoisotopic (exact) mass is 646 g/mol. The molecule has 8 heteroatoms. The molecule has 0 fully saturated rings. The van der Waals surface area contributed by atoms with Crippen LogP contribution >= 0.6 is 7.60 Å². The predicted octanol–water partition coefficient (Wildman–Crippen LogP) is 11.2. The average molecular weight is 647 g/mol. The van der Waals surface area contributed by atoms with Crippen LogP contribution in [-0.4, -0.2) is 42.8 Å². The summed E-state index contributed by atoms with van der Waals surface area (Å²) in [5.74, 6) is -0.729. The highest BCUT2D eigenvalue weighted by Crippen LogP contribution is 2.36. The van der Waals surface area contributed by atoms with E-state index < -0.39 is 19.7 Å². The molecule has 0 bridgehead atoms. The minimum atomic E-state index is -3.74. The molecule has 0 aromatic rings. The van der Waals surface area contributed by atoms with E-state index in [2.05, 4.69) is 13.8 Å². The van der Waals surface area contributed by atoms with E-state index >= 15 is 0 Å². The van der Waals surface area contributed by atoms with Crippen LogP contribution in [0.25, 0.3) is 0 Å². The van der Waals surface area contributed by atoms with E-state index in [1.54, 1.807) is 0 Å². The van der Waals surface area contributed by atoms with Gasteiger partial charge in [-0.05, 0) is 12.8 Å². The minimum Gasteiger partial charge on any atom is -0.462 e. The van der Waals surface area contributed by atoms with Gasteiger partial charge in [0.25, 0.3) is 0 Å². The van der Waals surface area contributed by atoms with Crippen LogP contribution in [0.15, 0.2) is 0 Å². The lowest BCUT2D eigenvalue weighted by Crippen LogP contribution is -2.29. The maximum absolute atomic E-state index is 12.4. The van der Waals surface area contributed by atoms with Crippen molar-refractivity contribution in [1.29, 1.82) is 0 Å². The molecule has 0 rings (SSSR count). The zero-order chi connectivity index (χ0) is 32.6. The summed E-state index contributed by atoms with van der Waals surface area (Å²) in [6.45, 7) is 5.14. The summed E-state index contributed by atoms with van der Waals surface area (Å²) < 4.78 is 27.3. The molecule has 7 nitrogen and oxygen atoms in total. The van der Waals surface area contributed by atoms with Crippen molar-refractivity contribution in [2.45, 2.75) is 200 Å². The number of hydrogen-bond acceptors (Lipinski definition) is 6. The van der Waals surface area contributed by atoms with Gasteiger partial charge in [0.1, 0.15) is 6.61 Å². The average Bonchev–Trinajstić information content (AvgIpc) is 2.98. The molecule has 0 aliphatic carbocycles. The van der Waals surface area contributed by atoms with Crippen LogP contribution in [0.1, 0.15) is 194 Å². The van der Waals surface area contributed by atoms with Crippen molar-refractivity contribution < 1.29 is 33.0 Å². The summed E-state index contributed by atoms with van der Waals surface area (Å²) in [4.78, 5) is 34.1. The maximum atomic E-state index is 12.4. The minimum absolute atomic E-state index is 0.165. The van der Waals surface area contributed by atoms with E-state index in [9.17, 15) is 19.0 Å². The number of carbonyl (C=O) groups is 2. The van der Waals surface area contributed by atoms with E-state index in [-0.39, 0.29) is 25.6 Å². The molecule has 0 aromatic carbocycles. The first-order chi connectivity index (χ1) is 21.3. The van der Waals surface area contributed by atoms with Crippen LogP contribution < -0.4 is 0 Å². The lowest BCUT2D eigenvalue weighted by molar-refractivity contribution is -0.161. The second-order valence-electron chi connectivity index (χ2n) is 12.9. The molecule has 0 aromatic heterocycles. The first kappa shape index (κ1) is 43.1. The topological polar surface area (TPSA) is 99.1 Å². The molecule has 262 valence electrons. The molecule has 2 unspecified atom stereocenters. The number of ether oxygens (including phenoxy) is 2. The molecule has 2 atom stereocenters. The maximum Gasteiger partial charge on any atom is 0.325 e. The van der Waals surface area contributed by atoms with Crippen LogP contribution in [0.2, 0.25) is 0 Å². The quantitative estimate of drug-likeness (QED) is 0.0422. The van der Waals surface area contributed by atoms with Gasteiger partial charge in [-0.25, -0.2) is 0 Å². The zero-order valence-corrected chi connectivity index (χ0v) is 30.0. The zero-order valence-electron chi connectivity index (χ0n) is 29.1. The summed E-state index contributed by atoms with van der Waals surface area (Å²) in [6.07, 6.45) is 31.8. The molecule has 0 radical (unpaired) electrons. The standard InChI is InChI=1S/C36H71O7P/c1-4-6-8-10-12-14-16-18-20-22-24-26-28-30-35(37)41-32-34(33-42-44(3,39)40)43-36(38)31-29-27-25-23-21-19-17-15-13-11-9-7-5-2/h34H,4-33H2,1-3H3,(H,39,40). The second-order valence-corrected chi connectivity index (χ2v) is 14.7. The summed E-state index contributed by atoms with van der Waals surface area (Å²) in [7, 11) is -3.74. The first-order valence-corrected chi connectivity index (χ1v) is 20.6. The van der Waals surface area contributed by atoms with Crippen LogP contribution in [0.4, 0.5) is 0 Å². The van der Waals surface area contributed by atoms with Crippen molar-refractivity contribution in [3.05, 3.63) is 0 Å². The van der Waals surface area contributed by atoms with Crippen molar-refractivity contribution >= 4 is 19.5 Å². The highest BCUT2D eigenvalue weighted by atomic mass is 31.2. The Morgan fingerprint density at radius 1 is 0.523 bits per heavy atom. The molecule has 1 N–H and O–H groups in total. The van der Waals surface area contributed by atoms with Gasteiger partial charge >= 0.3 is 19.5 Å². The molecule has 0 saturated heterocycles. The molecule has 0 aliphatic heterocycles. The van der Waals surface area contributed by atoms with Crippen molar-refractivity contribution in [2.24, 2.45) is 0 Å². The normalized spacial score (nSPS) is 13.5. The molecular formula is C36H71O7P. The van der Waals surface area contributed by atoms with E-state index in [4.69, 9.17) is 14.0 Å². The van der Waals surface area contributed by atoms with Crippen LogP contribution in [0.5, 0.6) is 0 Å². The van der Waals surface area contributed by atoms with E-state index in [0.29, 0.717) is 6.42 Å². The highest BCUT2D eigenvalue weighted by molar-refractivity contribution is 7.51. The Morgan fingerprint density at radius 3 is 1.18 bits per heavy atom. The molecule has 0 aliphatic rings. The highest BCUT2D eigenvalue weighted by Gasteiger charge is 2.21. The third-order valence-corrected chi connectivity index (χ3v) is 8.83. The summed E-state index contributed by atoms with van der Waals surface area (Å²) in [5.41, 5.74) is 0. The number of unbranched alkanes of at least 4 members (excludes halogenated alkanes) is 24. The lowest BCUT2D eigenvalue weighted by atomic mass is 10.0. The van der Waals surface area contributed by atoms with Gasteiger partial charge in [-0.15, -0.1) is 0 Å². The molecule has 44 heavy (non-hydrogen) atoms. The summed E-state index contributed by atoms with van der Waals surface area (Å²) in [6, 6.07) is 0. The summed E-state index contributed by atoms with van der Waals surface area (Å²) >= 11 is 0. The Labute approximate surface area is 271 Å². The van der Waals surface area contributed by atoms with Crippen molar-refractivity contribution in [2.75, 3.05) is 19.9 Å². The fraction of sp³-hybridized carbons (Fsp3) is 0.944. The third kappa shape index (κ3) is 34.0. The Kier molecular flexibility index (Phi) is 31.4. The van der Waals surface area contributed by atoms with Gasteiger partial charge in [-0.2, -0.15) is 0 Å². The van der Waals surface area contributed by atoms with E-state index in [0.717, 1.165) is 45.2 Å². The van der Waals surface area contributed by atoms with Gasteiger partial charge in [0.05, 0.1) is 6.61 Å². The molecule has 0 amide bonds. The van der Waals surface area contributed by atoms with Gasteiger partial charge in [0.15, 0.2) is 6.10 Å². The third-order valence-electron chi connectivity index (χ3n) is 8.20. The van der Waals surface area contributed by atoms with Gasteiger partial charge in [-0.1, -0.05) is 168 Å². The largest absolute Gasteiger partial charge is 0.462 e. The van der Waals surface area contributed by atoms with Crippen LogP contribution in [-0.2, 0) is 28.2 Å². The molecule has 0 spiro atoms. The smallest absolute Gasteiger partial charge is 0.325 e. The van der Waals surface area contributed by atoms with Gasteiger partial charge in [-0.3, -0.25) is 14.2 Å². The van der Waals surface area contributed by atoms with Crippen LogP contribution in [0, 0.1) is 0 Å². The van der Waals surface area contributed by atoms with Gasteiger partial charge in [0.2, 0.25) is 0 Å². The Morgan fingerprint density at radius 2 is 0.841 bits per heavy atom. The first-order valence-electron chi connectivity index (χ1n) is 18.6. The second kappa shape index (κ2) is 32.0. The van der Waals surface area contributed by atoms with Crippen molar-refractivity contribution in [3.63, 3.8) is 0 Å². The van der Waals surface area contributed by atoms with Crippen molar-refractivity contribution in [1.82, 2.24) is 0 Å². The predicted molar refractivity (Wildman–Crippen MR) is 183 cm³/mol. The Hall–Kier alpha value is -0.910. The Balaban J connectivity index is 3.94. The molecule has 0 heterocycles. The molecule has 0 saturated carbocycles. The van der Waals surface area contributed by atoms with Gasteiger partial charge in [0, 0.05) is 19.5 Å². The van der Waals surface area contributed by atoms with E-state index in [1.165, 1.54) is 128 Å². The fourth-order valence-corrected chi connectivity index (χ4v) is 5.86. The van der Waals surface area contributed by atoms with Crippen LogP contribution in [0.3, 0.4) is 0 Å². The number of esters is 2. The molecular weight excluding hydrogens is 575 g/mol. The fourth-order valence-electron chi connectivity index (χ4n) is 5.41. The Bertz CT molecular complexity index is 694. The van der Waals surface area contributed by atoms with Gasteiger partial charge < -0.3 is 18.9 Å². The van der Waals surface area contributed by atoms with Crippen molar-refractivity contribution in [3.8, 4) is 0 Å². The summed E-state index contributed by atoms with van der Waals surface area (Å²) in [5, 5.41) is 0. The lowest BCUT2D eigenvalue weighted by Gasteiger charge is -2.19. The number of hydrogen-bond donors (Lipinski definition) is 1. The number of rotatable bonds is 34. The number of carbonyl (C=O) groups excluding carboxylic acids is 2. The van der Waals surface area contributed by atoms with E-state index in [1.807, 2.05) is 0 Å².